The van der Waals surface area contributed by atoms with Gasteiger partial charge in [0.2, 0.25) is 0 Å². The van der Waals surface area contributed by atoms with Crippen LogP contribution in [0.2, 0.25) is 0 Å². The van der Waals surface area contributed by atoms with Gasteiger partial charge in [0.25, 0.3) is 0 Å². The Bertz CT molecular complexity index is 487. The summed E-state index contributed by atoms with van der Waals surface area (Å²) in [5.74, 6) is 0.442. The second-order valence-electron chi connectivity index (χ2n) is 4.42. The van der Waals surface area contributed by atoms with Crippen molar-refractivity contribution in [3.8, 4) is 5.75 Å². The third kappa shape index (κ3) is 6.04. The minimum atomic E-state index is -3.24. The van der Waals surface area contributed by atoms with E-state index in [0.717, 1.165) is 19.2 Å². The van der Waals surface area contributed by atoms with Gasteiger partial charge in [0.15, 0.2) is 9.84 Å². The highest BCUT2D eigenvalue weighted by atomic mass is 32.2. The van der Waals surface area contributed by atoms with E-state index in [1.807, 2.05) is 6.92 Å². The monoisotopic (exact) mass is 287 g/mol. The molecule has 1 aromatic rings. The van der Waals surface area contributed by atoms with E-state index >= 15 is 0 Å². The van der Waals surface area contributed by atoms with Gasteiger partial charge in [-0.3, -0.25) is 0 Å². The molecule has 1 aromatic carbocycles. The summed E-state index contributed by atoms with van der Waals surface area (Å²) in [5, 5.41) is 12.7. The first kappa shape index (κ1) is 15.9. The Morgan fingerprint density at radius 2 is 2.16 bits per heavy atom. The first-order valence-corrected chi connectivity index (χ1v) is 8.14. The van der Waals surface area contributed by atoms with E-state index < -0.39 is 15.9 Å². The lowest BCUT2D eigenvalue weighted by molar-refractivity contribution is 0.106. The average Bonchev–Trinajstić information content (AvgIpc) is 2.36. The Morgan fingerprint density at radius 1 is 1.42 bits per heavy atom. The highest BCUT2D eigenvalue weighted by Gasteiger charge is 2.09. The molecule has 0 bridgehead atoms. The van der Waals surface area contributed by atoms with Crippen molar-refractivity contribution in [2.75, 3.05) is 26.0 Å². The normalized spacial score (nSPS) is 13.2. The molecule has 1 rings (SSSR count). The molecule has 0 saturated heterocycles. The van der Waals surface area contributed by atoms with E-state index in [0.29, 0.717) is 12.3 Å². The van der Waals surface area contributed by atoms with Crippen molar-refractivity contribution in [3.63, 3.8) is 0 Å². The highest BCUT2D eigenvalue weighted by molar-refractivity contribution is 7.90. The van der Waals surface area contributed by atoms with Crippen molar-refractivity contribution in [1.82, 2.24) is 5.32 Å². The zero-order chi connectivity index (χ0) is 14.3. The van der Waals surface area contributed by atoms with E-state index in [9.17, 15) is 13.5 Å². The van der Waals surface area contributed by atoms with Gasteiger partial charge in [-0.15, -0.1) is 0 Å². The minimum absolute atomic E-state index is 0.129. The summed E-state index contributed by atoms with van der Waals surface area (Å²) in [6, 6.07) is 6.26. The SMILES string of the molecule is CCCNCC(O)COc1cccc(S(C)(=O)=O)c1. The number of hydrogen-bond donors (Lipinski definition) is 2. The first-order valence-electron chi connectivity index (χ1n) is 6.25. The molecule has 5 nitrogen and oxygen atoms in total. The molecular formula is C13H21NO4S. The summed E-state index contributed by atoms with van der Waals surface area (Å²) in [6.45, 7) is 3.48. The van der Waals surface area contributed by atoms with Crippen molar-refractivity contribution in [2.45, 2.75) is 24.3 Å². The van der Waals surface area contributed by atoms with Gasteiger partial charge in [0.05, 0.1) is 4.90 Å². The molecule has 0 radical (unpaired) electrons. The summed E-state index contributed by atoms with van der Waals surface area (Å²) in [6.07, 6.45) is 1.54. The quantitative estimate of drug-likeness (QED) is 0.693. The van der Waals surface area contributed by atoms with Gasteiger partial charge >= 0.3 is 0 Å². The van der Waals surface area contributed by atoms with Crippen molar-refractivity contribution in [3.05, 3.63) is 24.3 Å². The molecule has 0 aromatic heterocycles. The van der Waals surface area contributed by atoms with Crippen LogP contribution in [0.25, 0.3) is 0 Å². The summed E-state index contributed by atoms with van der Waals surface area (Å²) in [7, 11) is -3.24. The zero-order valence-electron chi connectivity index (χ0n) is 11.3. The maximum Gasteiger partial charge on any atom is 0.175 e. The van der Waals surface area contributed by atoms with Crippen molar-refractivity contribution in [2.24, 2.45) is 0 Å². The number of sulfone groups is 1. The van der Waals surface area contributed by atoms with Crippen LogP contribution in [0.4, 0.5) is 0 Å². The molecule has 1 atom stereocenters. The van der Waals surface area contributed by atoms with Gasteiger partial charge in [0, 0.05) is 12.8 Å². The molecule has 0 aliphatic carbocycles. The van der Waals surface area contributed by atoms with Gasteiger partial charge in [-0.2, -0.15) is 0 Å². The van der Waals surface area contributed by atoms with E-state index in [4.69, 9.17) is 4.74 Å². The van der Waals surface area contributed by atoms with Crippen LogP contribution in [0.15, 0.2) is 29.2 Å². The minimum Gasteiger partial charge on any atom is -0.491 e. The van der Waals surface area contributed by atoms with Crippen LogP contribution in [-0.2, 0) is 9.84 Å². The van der Waals surface area contributed by atoms with Crippen LogP contribution < -0.4 is 10.1 Å². The van der Waals surface area contributed by atoms with E-state index in [1.54, 1.807) is 12.1 Å². The molecular weight excluding hydrogens is 266 g/mol. The molecule has 2 N–H and O–H groups in total. The van der Waals surface area contributed by atoms with Crippen LogP contribution in [0.1, 0.15) is 13.3 Å². The first-order chi connectivity index (χ1) is 8.93. The maximum absolute atomic E-state index is 11.4. The number of aliphatic hydroxyl groups is 1. The summed E-state index contributed by atoms with van der Waals surface area (Å²) in [4.78, 5) is 0.212. The molecule has 0 heterocycles. The number of nitrogens with one attached hydrogen (secondary N) is 1. The van der Waals surface area contributed by atoms with Gasteiger partial charge in [-0.1, -0.05) is 13.0 Å². The fourth-order valence-electron chi connectivity index (χ4n) is 1.49. The summed E-state index contributed by atoms with van der Waals surface area (Å²) < 4.78 is 28.1. The second-order valence-corrected chi connectivity index (χ2v) is 6.43. The Kier molecular flexibility index (Phi) is 6.27. The Balaban J connectivity index is 2.49. The Labute approximate surface area is 114 Å². The molecule has 19 heavy (non-hydrogen) atoms. The number of benzene rings is 1. The maximum atomic E-state index is 11.4. The molecule has 0 saturated carbocycles. The van der Waals surface area contributed by atoms with Crippen LogP contribution in [0, 0.1) is 0 Å². The van der Waals surface area contributed by atoms with E-state index in [-0.39, 0.29) is 11.5 Å². The Hall–Kier alpha value is -1.11. The predicted octanol–water partition coefficient (Wildman–Crippen LogP) is 0.829. The van der Waals surface area contributed by atoms with Crippen molar-refractivity contribution in [1.29, 1.82) is 0 Å². The highest BCUT2D eigenvalue weighted by Crippen LogP contribution is 2.17. The lowest BCUT2D eigenvalue weighted by atomic mass is 10.3. The Morgan fingerprint density at radius 3 is 2.79 bits per heavy atom. The molecule has 0 amide bonds. The van der Waals surface area contributed by atoms with Gasteiger partial charge in [-0.05, 0) is 31.2 Å². The number of aliphatic hydroxyl groups excluding tert-OH is 1. The standard InChI is InChI=1S/C13H21NO4S/c1-3-7-14-9-11(15)10-18-12-5-4-6-13(8-12)19(2,16)17/h4-6,8,11,14-15H,3,7,9-10H2,1-2H3. The molecule has 1 unspecified atom stereocenters. The largest absolute Gasteiger partial charge is 0.491 e. The lowest BCUT2D eigenvalue weighted by Gasteiger charge is -2.13. The smallest absolute Gasteiger partial charge is 0.175 e. The molecule has 6 heteroatoms. The van der Waals surface area contributed by atoms with Crippen LogP contribution in [0.3, 0.4) is 0 Å². The third-order valence-corrected chi connectivity index (χ3v) is 3.59. The lowest BCUT2D eigenvalue weighted by Crippen LogP contribution is -2.31. The van der Waals surface area contributed by atoms with E-state index in [1.165, 1.54) is 12.1 Å². The summed E-state index contributed by atoms with van der Waals surface area (Å²) >= 11 is 0. The van der Waals surface area contributed by atoms with Crippen molar-refractivity contribution < 1.29 is 18.3 Å². The molecule has 0 aliphatic rings. The molecule has 0 spiro atoms. The number of rotatable bonds is 8. The fourth-order valence-corrected chi connectivity index (χ4v) is 2.15. The topological polar surface area (TPSA) is 75.6 Å². The van der Waals surface area contributed by atoms with Gasteiger partial charge < -0.3 is 15.2 Å². The third-order valence-electron chi connectivity index (χ3n) is 2.48. The second kappa shape index (κ2) is 7.47. The molecule has 108 valence electrons. The van der Waals surface area contributed by atoms with Crippen LogP contribution in [0.5, 0.6) is 5.75 Å². The van der Waals surface area contributed by atoms with E-state index in [2.05, 4.69) is 5.32 Å². The number of ether oxygens (including phenoxy) is 1. The average molecular weight is 287 g/mol. The van der Waals surface area contributed by atoms with Crippen molar-refractivity contribution >= 4 is 9.84 Å². The summed E-state index contributed by atoms with van der Waals surface area (Å²) in [5.41, 5.74) is 0. The van der Waals surface area contributed by atoms with Gasteiger partial charge in [0.1, 0.15) is 18.5 Å². The van der Waals surface area contributed by atoms with Gasteiger partial charge in [-0.25, -0.2) is 8.42 Å². The predicted molar refractivity (Wildman–Crippen MR) is 74.2 cm³/mol. The van der Waals surface area contributed by atoms with Crippen LogP contribution >= 0.6 is 0 Å². The molecule has 0 aliphatic heterocycles. The fraction of sp³-hybridized carbons (Fsp3) is 0.538. The number of hydrogen-bond acceptors (Lipinski definition) is 5. The molecule has 0 fully saturated rings. The van der Waals surface area contributed by atoms with Crippen LogP contribution in [-0.4, -0.2) is 45.6 Å². The zero-order valence-corrected chi connectivity index (χ0v) is 12.1.